The zero-order valence-corrected chi connectivity index (χ0v) is 24.0. The number of hydrogen-bond acceptors (Lipinski definition) is 5. The first-order valence-electron chi connectivity index (χ1n) is 13.7. The summed E-state index contributed by atoms with van der Waals surface area (Å²) >= 11 is 6.63. The molecule has 0 radical (unpaired) electrons. The third kappa shape index (κ3) is 6.24. The molecule has 1 fully saturated rings. The Morgan fingerprint density at radius 3 is 2.50 bits per heavy atom. The molecule has 0 bridgehead atoms. The standard InChI is InChI=1S/C33H30ClN3O5/c1-3-22-10-6-8-15-27(22)35-30(38)19-37-32(39)28(36-33(37)40)17-21-16-26(34)31(29(18-21)41-4-2)42-20-24-13-9-12-23-11-5-7-14-25(23)24/h5-18H,3-4,19-20H2,1-2H3,(H,35,38)(H,36,40)/b28-17+. The van der Waals surface area contributed by atoms with Crippen molar-refractivity contribution in [1.82, 2.24) is 10.2 Å². The number of carbonyl (C=O) groups is 3. The van der Waals surface area contributed by atoms with E-state index in [1.165, 1.54) is 6.08 Å². The van der Waals surface area contributed by atoms with Crippen LogP contribution >= 0.6 is 11.6 Å². The molecule has 2 N–H and O–H groups in total. The number of urea groups is 1. The molecule has 0 saturated carbocycles. The molecule has 0 spiro atoms. The summed E-state index contributed by atoms with van der Waals surface area (Å²) in [5.41, 5.74) is 3.14. The maximum Gasteiger partial charge on any atom is 0.329 e. The Balaban J connectivity index is 1.32. The molecule has 0 aromatic heterocycles. The summed E-state index contributed by atoms with van der Waals surface area (Å²) in [5.74, 6) is -0.319. The molecule has 4 amide bonds. The van der Waals surface area contributed by atoms with Crippen LogP contribution in [0.4, 0.5) is 10.5 Å². The van der Waals surface area contributed by atoms with Gasteiger partial charge in [0.25, 0.3) is 5.91 Å². The normalized spacial score (nSPS) is 13.9. The number of imide groups is 1. The number of carbonyl (C=O) groups excluding carboxylic acids is 3. The minimum atomic E-state index is -0.684. The van der Waals surface area contributed by atoms with Crippen LogP contribution in [0, 0.1) is 0 Å². The van der Waals surface area contributed by atoms with Gasteiger partial charge in [0.15, 0.2) is 11.5 Å². The van der Waals surface area contributed by atoms with Crippen LogP contribution in [0.25, 0.3) is 16.8 Å². The Morgan fingerprint density at radius 2 is 1.69 bits per heavy atom. The van der Waals surface area contributed by atoms with E-state index >= 15 is 0 Å². The Bertz CT molecular complexity index is 1700. The molecule has 1 saturated heterocycles. The first-order chi connectivity index (χ1) is 20.4. The van der Waals surface area contributed by atoms with Gasteiger partial charge in [0.05, 0.1) is 11.6 Å². The SMILES string of the molecule is CCOc1cc(/C=C2/NC(=O)N(CC(=O)Nc3ccccc3CC)C2=O)cc(Cl)c1OCc1cccc2ccccc12. The van der Waals surface area contributed by atoms with Crippen molar-refractivity contribution in [1.29, 1.82) is 0 Å². The van der Waals surface area contributed by atoms with Gasteiger partial charge in [0.2, 0.25) is 5.91 Å². The average Bonchev–Trinajstić information content (AvgIpc) is 3.24. The number of hydrogen-bond donors (Lipinski definition) is 2. The third-order valence-electron chi connectivity index (χ3n) is 6.83. The van der Waals surface area contributed by atoms with Gasteiger partial charge >= 0.3 is 6.03 Å². The van der Waals surface area contributed by atoms with Crippen LogP contribution in [-0.2, 0) is 22.6 Å². The predicted octanol–water partition coefficient (Wildman–Crippen LogP) is 6.56. The number of amides is 4. The number of rotatable bonds is 10. The van der Waals surface area contributed by atoms with Crippen LogP contribution in [0.5, 0.6) is 11.5 Å². The maximum atomic E-state index is 13.1. The van der Waals surface area contributed by atoms with Crippen molar-refractivity contribution in [3.8, 4) is 11.5 Å². The van der Waals surface area contributed by atoms with Gasteiger partial charge in [-0.25, -0.2) is 9.69 Å². The molecule has 5 rings (SSSR count). The van der Waals surface area contributed by atoms with Gasteiger partial charge in [-0.1, -0.05) is 79.2 Å². The first-order valence-corrected chi connectivity index (χ1v) is 14.0. The summed E-state index contributed by atoms with van der Waals surface area (Å²) < 4.78 is 12.0. The summed E-state index contributed by atoms with van der Waals surface area (Å²) in [5, 5.41) is 7.81. The van der Waals surface area contributed by atoms with Crippen LogP contribution < -0.4 is 20.1 Å². The number of ether oxygens (including phenoxy) is 2. The highest BCUT2D eigenvalue weighted by Crippen LogP contribution is 2.38. The molecule has 4 aromatic carbocycles. The number of nitrogens with zero attached hydrogens (tertiary/aromatic N) is 1. The number of para-hydroxylation sites is 1. The Hall–Kier alpha value is -4.82. The molecule has 42 heavy (non-hydrogen) atoms. The lowest BCUT2D eigenvalue weighted by atomic mass is 10.1. The van der Waals surface area contributed by atoms with Gasteiger partial charge in [-0.3, -0.25) is 9.59 Å². The second-order valence-electron chi connectivity index (χ2n) is 9.63. The minimum Gasteiger partial charge on any atom is -0.490 e. The number of anilines is 1. The minimum absolute atomic E-state index is 0.0182. The molecule has 1 aliphatic rings. The average molecular weight is 584 g/mol. The number of fused-ring (bicyclic) bond motifs is 1. The van der Waals surface area contributed by atoms with Crippen molar-refractivity contribution < 1.29 is 23.9 Å². The van der Waals surface area contributed by atoms with E-state index in [4.69, 9.17) is 21.1 Å². The molecular weight excluding hydrogens is 554 g/mol. The molecular formula is C33H30ClN3O5. The van der Waals surface area contributed by atoms with Gasteiger partial charge in [-0.05, 0) is 65.1 Å². The highest BCUT2D eigenvalue weighted by Gasteiger charge is 2.35. The molecule has 1 heterocycles. The van der Waals surface area contributed by atoms with Crippen molar-refractivity contribution in [2.24, 2.45) is 0 Å². The Morgan fingerprint density at radius 1 is 0.952 bits per heavy atom. The lowest BCUT2D eigenvalue weighted by Crippen LogP contribution is -2.38. The topological polar surface area (TPSA) is 97.0 Å². The van der Waals surface area contributed by atoms with Gasteiger partial charge in [-0.15, -0.1) is 0 Å². The number of halogens is 1. The summed E-state index contributed by atoms with van der Waals surface area (Å²) in [4.78, 5) is 39.2. The second-order valence-corrected chi connectivity index (χ2v) is 10.0. The van der Waals surface area contributed by atoms with Crippen LogP contribution in [0.1, 0.15) is 30.5 Å². The quantitative estimate of drug-likeness (QED) is 0.163. The van der Waals surface area contributed by atoms with Crippen molar-refractivity contribution in [3.63, 3.8) is 0 Å². The van der Waals surface area contributed by atoms with E-state index < -0.39 is 24.4 Å². The van der Waals surface area contributed by atoms with Crippen LogP contribution in [0.15, 0.2) is 84.6 Å². The van der Waals surface area contributed by atoms with E-state index in [1.807, 2.05) is 74.5 Å². The smallest absolute Gasteiger partial charge is 0.329 e. The van der Waals surface area contributed by atoms with E-state index in [9.17, 15) is 14.4 Å². The Kier molecular flexibility index (Phi) is 8.74. The summed E-state index contributed by atoms with van der Waals surface area (Å²) in [6, 6.07) is 24.1. The monoisotopic (exact) mass is 583 g/mol. The largest absolute Gasteiger partial charge is 0.490 e. The fourth-order valence-corrected chi connectivity index (χ4v) is 5.08. The third-order valence-corrected chi connectivity index (χ3v) is 7.11. The number of aryl methyl sites for hydroxylation is 1. The zero-order valence-electron chi connectivity index (χ0n) is 23.3. The maximum absolute atomic E-state index is 13.1. The summed E-state index contributed by atoms with van der Waals surface area (Å²) in [7, 11) is 0. The molecule has 0 aliphatic carbocycles. The number of nitrogens with one attached hydrogen (secondary N) is 2. The summed E-state index contributed by atoms with van der Waals surface area (Å²) in [6.45, 7) is 4.03. The highest BCUT2D eigenvalue weighted by molar-refractivity contribution is 6.32. The van der Waals surface area contributed by atoms with Gasteiger partial charge in [0, 0.05) is 5.69 Å². The van der Waals surface area contributed by atoms with Crippen molar-refractivity contribution in [2.75, 3.05) is 18.5 Å². The van der Waals surface area contributed by atoms with E-state index in [2.05, 4.69) is 10.6 Å². The predicted molar refractivity (Wildman–Crippen MR) is 164 cm³/mol. The van der Waals surface area contributed by atoms with E-state index in [1.54, 1.807) is 18.2 Å². The lowest BCUT2D eigenvalue weighted by molar-refractivity contribution is -0.127. The lowest BCUT2D eigenvalue weighted by Gasteiger charge is -2.15. The fourth-order valence-electron chi connectivity index (χ4n) is 4.81. The van der Waals surface area contributed by atoms with Crippen LogP contribution in [0.2, 0.25) is 5.02 Å². The van der Waals surface area contributed by atoms with Gasteiger partial charge < -0.3 is 20.1 Å². The van der Waals surface area contributed by atoms with E-state index in [0.717, 1.165) is 33.2 Å². The fraction of sp³-hybridized carbons (Fsp3) is 0.182. The molecule has 1 aliphatic heterocycles. The van der Waals surface area contributed by atoms with E-state index in [0.29, 0.717) is 29.4 Å². The summed E-state index contributed by atoms with van der Waals surface area (Å²) in [6.07, 6.45) is 2.22. The molecule has 214 valence electrons. The van der Waals surface area contributed by atoms with Gasteiger partial charge in [-0.2, -0.15) is 0 Å². The van der Waals surface area contributed by atoms with Crippen molar-refractivity contribution in [2.45, 2.75) is 26.9 Å². The van der Waals surface area contributed by atoms with Gasteiger partial charge in [0.1, 0.15) is 18.8 Å². The molecule has 9 heteroatoms. The Labute approximate surface area is 248 Å². The van der Waals surface area contributed by atoms with Crippen molar-refractivity contribution in [3.05, 3.63) is 106 Å². The molecule has 4 aromatic rings. The number of benzene rings is 4. The molecule has 0 unspecified atom stereocenters. The van der Waals surface area contributed by atoms with Crippen molar-refractivity contribution >= 4 is 52.0 Å². The van der Waals surface area contributed by atoms with E-state index in [-0.39, 0.29) is 17.3 Å². The first kappa shape index (κ1) is 28.7. The zero-order chi connectivity index (χ0) is 29.6. The molecule has 8 nitrogen and oxygen atoms in total. The second kappa shape index (κ2) is 12.8. The highest BCUT2D eigenvalue weighted by atomic mass is 35.5. The van der Waals surface area contributed by atoms with Crippen LogP contribution in [0.3, 0.4) is 0 Å². The van der Waals surface area contributed by atoms with Crippen LogP contribution in [-0.4, -0.2) is 35.9 Å². The molecule has 0 atom stereocenters.